The van der Waals surface area contributed by atoms with Gasteiger partial charge in [-0.3, -0.25) is 4.79 Å². The van der Waals surface area contributed by atoms with Gasteiger partial charge in [0.1, 0.15) is 5.75 Å². The van der Waals surface area contributed by atoms with E-state index in [1.54, 1.807) is 7.11 Å². The van der Waals surface area contributed by atoms with Gasteiger partial charge in [0.25, 0.3) is 0 Å². The molecule has 4 heteroatoms. The summed E-state index contributed by atoms with van der Waals surface area (Å²) in [6.07, 6.45) is 0.396. The first-order chi connectivity index (χ1) is 9.79. The SMILES string of the molecule is COc1ccccc1NCCC(=O)Nc1ccccc1. The topological polar surface area (TPSA) is 50.4 Å². The smallest absolute Gasteiger partial charge is 0.226 e. The lowest BCUT2D eigenvalue weighted by atomic mass is 10.2. The molecular weight excluding hydrogens is 252 g/mol. The van der Waals surface area contributed by atoms with Gasteiger partial charge in [-0.15, -0.1) is 0 Å². The molecule has 20 heavy (non-hydrogen) atoms. The van der Waals surface area contributed by atoms with Crippen LogP contribution in [0.1, 0.15) is 6.42 Å². The molecule has 2 aromatic rings. The van der Waals surface area contributed by atoms with Crippen molar-refractivity contribution in [2.45, 2.75) is 6.42 Å². The van der Waals surface area contributed by atoms with E-state index in [9.17, 15) is 4.79 Å². The van der Waals surface area contributed by atoms with Crippen LogP contribution in [-0.2, 0) is 4.79 Å². The second-order valence-corrected chi connectivity index (χ2v) is 4.29. The minimum Gasteiger partial charge on any atom is -0.495 e. The average Bonchev–Trinajstić information content (AvgIpc) is 2.49. The fourth-order valence-corrected chi connectivity index (χ4v) is 1.85. The van der Waals surface area contributed by atoms with Crippen molar-refractivity contribution in [1.29, 1.82) is 0 Å². The molecule has 0 heterocycles. The number of methoxy groups -OCH3 is 1. The molecule has 4 nitrogen and oxygen atoms in total. The second kappa shape index (κ2) is 7.19. The third-order valence-corrected chi connectivity index (χ3v) is 2.83. The van der Waals surface area contributed by atoms with Crippen molar-refractivity contribution >= 4 is 17.3 Å². The Labute approximate surface area is 118 Å². The Morgan fingerprint density at radius 2 is 1.75 bits per heavy atom. The maximum atomic E-state index is 11.8. The monoisotopic (exact) mass is 270 g/mol. The number of ether oxygens (including phenoxy) is 1. The Hall–Kier alpha value is -2.49. The van der Waals surface area contributed by atoms with Gasteiger partial charge in [-0.25, -0.2) is 0 Å². The van der Waals surface area contributed by atoms with Crippen LogP contribution in [0.25, 0.3) is 0 Å². The lowest BCUT2D eigenvalue weighted by Gasteiger charge is -2.10. The highest BCUT2D eigenvalue weighted by Crippen LogP contribution is 2.22. The number of carbonyl (C=O) groups excluding carboxylic acids is 1. The Kier molecular flexibility index (Phi) is 5.00. The zero-order valence-corrected chi connectivity index (χ0v) is 11.4. The highest BCUT2D eigenvalue weighted by molar-refractivity contribution is 5.90. The van der Waals surface area contributed by atoms with Gasteiger partial charge in [0, 0.05) is 18.7 Å². The Morgan fingerprint density at radius 3 is 2.50 bits per heavy atom. The number of rotatable bonds is 6. The van der Waals surface area contributed by atoms with Crippen molar-refractivity contribution in [3.05, 3.63) is 54.6 Å². The van der Waals surface area contributed by atoms with Gasteiger partial charge in [0.05, 0.1) is 12.8 Å². The molecule has 0 saturated heterocycles. The second-order valence-electron chi connectivity index (χ2n) is 4.29. The number of hydrogen-bond donors (Lipinski definition) is 2. The maximum Gasteiger partial charge on any atom is 0.226 e. The summed E-state index contributed by atoms with van der Waals surface area (Å²) in [5.41, 5.74) is 1.71. The summed E-state index contributed by atoms with van der Waals surface area (Å²) < 4.78 is 5.24. The number of para-hydroxylation sites is 3. The van der Waals surface area contributed by atoms with Crippen LogP contribution >= 0.6 is 0 Å². The zero-order valence-electron chi connectivity index (χ0n) is 11.4. The Bertz CT molecular complexity index is 555. The number of amides is 1. The lowest BCUT2D eigenvalue weighted by molar-refractivity contribution is -0.115. The van der Waals surface area contributed by atoms with Crippen LogP contribution in [0.5, 0.6) is 5.75 Å². The molecule has 0 aromatic heterocycles. The minimum atomic E-state index is -0.0152. The van der Waals surface area contributed by atoms with E-state index >= 15 is 0 Å². The van der Waals surface area contributed by atoms with Gasteiger partial charge >= 0.3 is 0 Å². The summed E-state index contributed by atoms with van der Waals surface area (Å²) in [4.78, 5) is 11.8. The third-order valence-electron chi connectivity index (χ3n) is 2.83. The molecule has 0 fully saturated rings. The van der Waals surface area contributed by atoms with E-state index in [0.29, 0.717) is 13.0 Å². The molecule has 0 radical (unpaired) electrons. The molecule has 0 saturated carbocycles. The number of carbonyl (C=O) groups is 1. The molecular formula is C16H18N2O2. The summed E-state index contributed by atoms with van der Waals surface area (Å²) in [5.74, 6) is 0.759. The minimum absolute atomic E-state index is 0.0152. The summed E-state index contributed by atoms with van der Waals surface area (Å²) in [7, 11) is 1.63. The number of hydrogen-bond acceptors (Lipinski definition) is 3. The Morgan fingerprint density at radius 1 is 1.05 bits per heavy atom. The number of benzene rings is 2. The van der Waals surface area contributed by atoms with Crippen LogP contribution < -0.4 is 15.4 Å². The summed E-state index contributed by atoms with van der Waals surface area (Å²) in [5, 5.41) is 6.04. The van der Waals surface area contributed by atoms with Gasteiger partial charge in [-0.05, 0) is 24.3 Å². The van der Waals surface area contributed by atoms with Crippen molar-refractivity contribution in [1.82, 2.24) is 0 Å². The average molecular weight is 270 g/mol. The third kappa shape index (κ3) is 4.02. The molecule has 104 valence electrons. The number of anilines is 2. The van der Waals surface area contributed by atoms with Gasteiger partial charge in [-0.1, -0.05) is 30.3 Å². The first kappa shape index (κ1) is 13.9. The zero-order chi connectivity index (χ0) is 14.2. The Balaban J connectivity index is 1.79. The summed E-state index contributed by atoms with van der Waals surface area (Å²) in [6.45, 7) is 0.555. The highest BCUT2D eigenvalue weighted by atomic mass is 16.5. The van der Waals surface area contributed by atoms with Gasteiger partial charge in [0.2, 0.25) is 5.91 Å². The van der Waals surface area contributed by atoms with Crippen LogP contribution in [0.15, 0.2) is 54.6 Å². The van der Waals surface area contributed by atoms with Crippen molar-refractivity contribution in [2.75, 3.05) is 24.3 Å². The van der Waals surface area contributed by atoms with Crippen molar-refractivity contribution in [2.24, 2.45) is 0 Å². The molecule has 0 aliphatic heterocycles. The first-order valence-corrected chi connectivity index (χ1v) is 6.51. The lowest BCUT2D eigenvalue weighted by Crippen LogP contribution is -2.16. The van der Waals surface area contributed by atoms with E-state index < -0.39 is 0 Å². The van der Waals surface area contributed by atoms with Gasteiger partial charge in [0.15, 0.2) is 0 Å². The van der Waals surface area contributed by atoms with Crippen LogP contribution in [0.4, 0.5) is 11.4 Å². The van der Waals surface area contributed by atoms with E-state index in [-0.39, 0.29) is 5.91 Å². The number of nitrogens with one attached hydrogen (secondary N) is 2. The predicted molar refractivity (Wildman–Crippen MR) is 81.2 cm³/mol. The van der Waals surface area contributed by atoms with Crippen molar-refractivity contribution in [3.63, 3.8) is 0 Å². The van der Waals surface area contributed by atoms with Gasteiger partial charge < -0.3 is 15.4 Å². The molecule has 2 aromatic carbocycles. The largest absolute Gasteiger partial charge is 0.495 e. The molecule has 2 rings (SSSR count). The highest BCUT2D eigenvalue weighted by Gasteiger charge is 2.04. The van der Waals surface area contributed by atoms with Crippen LogP contribution in [0.3, 0.4) is 0 Å². The predicted octanol–water partition coefficient (Wildman–Crippen LogP) is 3.14. The van der Waals surface area contributed by atoms with Crippen LogP contribution in [-0.4, -0.2) is 19.6 Å². The molecule has 1 amide bonds. The van der Waals surface area contributed by atoms with E-state index in [4.69, 9.17) is 4.74 Å². The molecule has 0 unspecified atom stereocenters. The van der Waals surface area contributed by atoms with E-state index in [1.165, 1.54) is 0 Å². The molecule has 0 atom stereocenters. The quantitative estimate of drug-likeness (QED) is 0.848. The fraction of sp³-hybridized carbons (Fsp3) is 0.188. The van der Waals surface area contributed by atoms with E-state index in [2.05, 4.69) is 10.6 Å². The molecule has 0 aliphatic rings. The first-order valence-electron chi connectivity index (χ1n) is 6.51. The van der Waals surface area contributed by atoms with Crippen LogP contribution in [0, 0.1) is 0 Å². The molecule has 0 aliphatic carbocycles. The summed E-state index contributed by atoms with van der Waals surface area (Å²) >= 11 is 0. The van der Waals surface area contributed by atoms with Gasteiger partial charge in [-0.2, -0.15) is 0 Å². The molecule has 2 N–H and O–H groups in total. The molecule has 0 bridgehead atoms. The van der Waals surface area contributed by atoms with E-state index in [1.807, 2.05) is 54.6 Å². The summed E-state index contributed by atoms with van der Waals surface area (Å²) in [6, 6.07) is 17.1. The molecule has 0 spiro atoms. The normalized spacial score (nSPS) is 9.85. The van der Waals surface area contributed by atoms with Crippen LogP contribution in [0.2, 0.25) is 0 Å². The van der Waals surface area contributed by atoms with E-state index in [0.717, 1.165) is 17.1 Å². The standard InChI is InChI=1S/C16H18N2O2/c1-20-15-10-6-5-9-14(15)17-12-11-16(19)18-13-7-3-2-4-8-13/h2-10,17H,11-12H2,1H3,(H,18,19). The fourth-order valence-electron chi connectivity index (χ4n) is 1.85. The van der Waals surface area contributed by atoms with Crippen molar-refractivity contribution < 1.29 is 9.53 Å². The van der Waals surface area contributed by atoms with Crippen molar-refractivity contribution in [3.8, 4) is 5.75 Å². The maximum absolute atomic E-state index is 11.8.